The lowest BCUT2D eigenvalue weighted by atomic mass is 10.1. The number of phenols is 1. The second-order valence-corrected chi connectivity index (χ2v) is 5.88. The number of aromatic hydroxyl groups is 1. The molecule has 0 aliphatic carbocycles. The molecular weight excluding hydrogens is 240 g/mol. The molecule has 1 aromatic carbocycles. The molecule has 0 radical (unpaired) electrons. The fraction of sp³-hybridized carbons (Fsp3) is 0.455. The lowest BCUT2D eigenvalue weighted by Crippen LogP contribution is -2.29. The normalized spacial score (nSPS) is 11.6. The van der Waals surface area contributed by atoms with Gasteiger partial charge in [-0.2, -0.15) is 0 Å². The van der Waals surface area contributed by atoms with E-state index in [1.54, 1.807) is 6.07 Å². The summed E-state index contributed by atoms with van der Waals surface area (Å²) in [5.74, 6) is 0.246. The first-order valence-electron chi connectivity index (χ1n) is 5.35. The molecule has 5 nitrogen and oxygen atoms in total. The van der Waals surface area contributed by atoms with Crippen LogP contribution in [-0.2, 0) is 16.6 Å². The van der Waals surface area contributed by atoms with Crippen molar-refractivity contribution in [1.82, 2.24) is 10.0 Å². The van der Waals surface area contributed by atoms with E-state index in [9.17, 15) is 13.5 Å². The Morgan fingerprint density at radius 1 is 1.35 bits per heavy atom. The van der Waals surface area contributed by atoms with Crippen LogP contribution in [0.25, 0.3) is 0 Å². The average Bonchev–Trinajstić information content (AvgIpc) is 2.29. The molecule has 0 atom stereocenters. The molecule has 0 saturated heterocycles. The summed E-state index contributed by atoms with van der Waals surface area (Å²) in [6, 6.07) is 5.33. The quantitative estimate of drug-likeness (QED) is 0.643. The van der Waals surface area contributed by atoms with E-state index in [0.29, 0.717) is 13.1 Å². The van der Waals surface area contributed by atoms with Gasteiger partial charge in [-0.1, -0.05) is 17.7 Å². The number of aryl methyl sites for hydroxylation is 1. The molecule has 0 heterocycles. The summed E-state index contributed by atoms with van der Waals surface area (Å²) < 4.78 is 24.5. The lowest BCUT2D eigenvalue weighted by Gasteiger charge is -2.08. The van der Waals surface area contributed by atoms with Crippen LogP contribution < -0.4 is 10.0 Å². The van der Waals surface area contributed by atoms with Gasteiger partial charge < -0.3 is 10.4 Å². The highest BCUT2D eigenvalue weighted by molar-refractivity contribution is 7.89. The van der Waals surface area contributed by atoms with Gasteiger partial charge in [0.2, 0.25) is 10.0 Å². The molecule has 0 fully saturated rings. The van der Waals surface area contributed by atoms with Gasteiger partial charge in [0.15, 0.2) is 0 Å². The summed E-state index contributed by atoms with van der Waals surface area (Å²) in [7, 11) is -1.78. The maximum absolute atomic E-state index is 11.1. The first-order valence-corrected chi connectivity index (χ1v) is 7.00. The molecule has 6 heteroatoms. The minimum atomic E-state index is -3.17. The molecule has 0 bridgehead atoms. The Morgan fingerprint density at radius 2 is 2.06 bits per heavy atom. The highest BCUT2D eigenvalue weighted by Gasteiger charge is 2.06. The van der Waals surface area contributed by atoms with Crippen LogP contribution in [0.5, 0.6) is 5.75 Å². The standard InChI is InChI=1S/C11H18N2O3S/c1-9-3-4-11(14)10(7-9)8-13-5-6-17(15,16)12-2/h3-4,7,12-14H,5-6,8H2,1-2H3. The molecule has 1 aromatic rings. The highest BCUT2D eigenvalue weighted by atomic mass is 32.2. The summed E-state index contributed by atoms with van der Waals surface area (Å²) in [4.78, 5) is 0. The van der Waals surface area contributed by atoms with E-state index in [2.05, 4.69) is 10.0 Å². The second kappa shape index (κ2) is 6.00. The first-order chi connectivity index (χ1) is 7.94. The third-order valence-electron chi connectivity index (χ3n) is 2.41. The summed E-state index contributed by atoms with van der Waals surface area (Å²) in [5, 5.41) is 12.6. The second-order valence-electron chi connectivity index (χ2n) is 3.83. The van der Waals surface area contributed by atoms with Crippen LogP contribution in [0.3, 0.4) is 0 Å². The molecule has 0 unspecified atom stereocenters. The van der Waals surface area contributed by atoms with Crippen molar-refractivity contribution in [3.8, 4) is 5.75 Å². The van der Waals surface area contributed by atoms with Gasteiger partial charge in [-0.05, 0) is 20.0 Å². The van der Waals surface area contributed by atoms with Gasteiger partial charge in [0.05, 0.1) is 5.75 Å². The molecule has 3 N–H and O–H groups in total. The summed E-state index contributed by atoms with van der Waals surface area (Å²) in [6.45, 7) is 2.73. The topological polar surface area (TPSA) is 78.4 Å². The van der Waals surface area contributed by atoms with Crippen LogP contribution in [0.2, 0.25) is 0 Å². The SMILES string of the molecule is CNS(=O)(=O)CCNCc1cc(C)ccc1O. The number of hydrogen-bond donors (Lipinski definition) is 3. The van der Waals surface area contributed by atoms with Gasteiger partial charge in [-0.3, -0.25) is 0 Å². The van der Waals surface area contributed by atoms with Gasteiger partial charge in [-0.25, -0.2) is 13.1 Å². The Balaban J connectivity index is 2.44. The van der Waals surface area contributed by atoms with Crippen molar-refractivity contribution >= 4 is 10.0 Å². The minimum absolute atomic E-state index is 0.0239. The zero-order valence-electron chi connectivity index (χ0n) is 10.0. The predicted octanol–water partition coefficient (Wildman–Crippen LogP) is 0.339. The van der Waals surface area contributed by atoms with E-state index in [-0.39, 0.29) is 11.5 Å². The van der Waals surface area contributed by atoms with Gasteiger partial charge in [0, 0.05) is 18.7 Å². The summed E-state index contributed by atoms with van der Waals surface area (Å²) in [5.41, 5.74) is 1.83. The van der Waals surface area contributed by atoms with E-state index in [0.717, 1.165) is 11.1 Å². The average molecular weight is 258 g/mol. The van der Waals surface area contributed by atoms with Crippen LogP contribution in [-0.4, -0.2) is 32.9 Å². The zero-order chi connectivity index (χ0) is 12.9. The fourth-order valence-corrected chi connectivity index (χ4v) is 2.00. The van der Waals surface area contributed by atoms with Crippen molar-refractivity contribution < 1.29 is 13.5 Å². The number of phenolic OH excluding ortho intramolecular Hbond substituents is 1. The molecular formula is C11H18N2O3S. The zero-order valence-corrected chi connectivity index (χ0v) is 10.8. The smallest absolute Gasteiger partial charge is 0.212 e. The van der Waals surface area contributed by atoms with Crippen molar-refractivity contribution in [1.29, 1.82) is 0 Å². The third-order valence-corrected chi connectivity index (χ3v) is 3.77. The predicted molar refractivity (Wildman–Crippen MR) is 67.4 cm³/mol. The Labute approximate surface area is 102 Å². The Kier molecular flexibility index (Phi) is 4.92. The molecule has 1 rings (SSSR count). The molecule has 96 valence electrons. The number of hydrogen-bond acceptors (Lipinski definition) is 4. The van der Waals surface area contributed by atoms with Gasteiger partial charge in [0.1, 0.15) is 5.75 Å². The number of benzene rings is 1. The maximum atomic E-state index is 11.1. The van der Waals surface area contributed by atoms with Crippen molar-refractivity contribution in [2.24, 2.45) is 0 Å². The third kappa shape index (κ3) is 4.72. The Morgan fingerprint density at radius 3 is 2.71 bits per heavy atom. The van der Waals surface area contributed by atoms with Gasteiger partial charge in [-0.15, -0.1) is 0 Å². The minimum Gasteiger partial charge on any atom is -0.508 e. The maximum Gasteiger partial charge on any atom is 0.212 e. The number of nitrogens with one attached hydrogen (secondary N) is 2. The van der Waals surface area contributed by atoms with Crippen LogP contribution in [0.15, 0.2) is 18.2 Å². The van der Waals surface area contributed by atoms with Crippen LogP contribution in [0.1, 0.15) is 11.1 Å². The largest absolute Gasteiger partial charge is 0.508 e. The Hall–Kier alpha value is -1.11. The summed E-state index contributed by atoms with van der Waals surface area (Å²) >= 11 is 0. The monoisotopic (exact) mass is 258 g/mol. The molecule has 0 saturated carbocycles. The molecule has 0 aliphatic rings. The van der Waals surface area contributed by atoms with Crippen LogP contribution in [0, 0.1) is 6.92 Å². The van der Waals surface area contributed by atoms with E-state index in [4.69, 9.17) is 0 Å². The van der Waals surface area contributed by atoms with E-state index in [1.165, 1.54) is 7.05 Å². The van der Waals surface area contributed by atoms with Gasteiger partial charge in [0.25, 0.3) is 0 Å². The van der Waals surface area contributed by atoms with Crippen LogP contribution >= 0.6 is 0 Å². The molecule has 0 aromatic heterocycles. The molecule has 0 spiro atoms. The van der Waals surface area contributed by atoms with Crippen LogP contribution in [0.4, 0.5) is 0 Å². The fourth-order valence-electron chi connectivity index (χ4n) is 1.39. The first kappa shape index (κ1) is 14.0. The van der Waals surface area contributed by atoms with Gasteiger partial charge >= 0.3 is 0 Å². The van der Waals surface area contributed by atoms with E-state index >= 15 is 0 Å². The molecule has 0 aliphatic heterocycles. The highest BCUT2D eigenvalue weighted by Crippen LogP contribution is 2.17. The molecule has 17 heavy (non-hydrogen) atoms. The lowest BCUT2D eigenvalue weighted by molar-refractivity contribution is 0.465. The van der Waals surface area contributed by atoms with Crippen molar-refractivity contribution in [2.45, 2.75) is 13.5 Å². The number of rotatable bonds is 6. The Bertz CT molecular complexity index is 472. The van der Waals surface area contributed by atoms with Crippen molar-refractivity contribution in [2.75, 3.05) is 19.3 Å². The van der Waals surface area contributed by atoms with E-state index < -0.39 is 10.0 Å². The van der Waals surface area contributed by atoms with Crippen molar-refractivity contribution in [3.63, 3.8) is 0 Å². The summed E-state index contributed by atoms with van der Waals surface area (Å²) in [6.07, 6.45) is 0. The van der Waals surface area contributed by atoms with E-state index in [1.807, 2.05) is 19.1 Å². The molecule has 0 amide bonds. The van der Waals surface area contributed by atoms with Crippen molar-refractivity contribution in [3.05, 3.63) is 29.3 Å². The number of sulfonamides is 1.